The van der Waals surface area contributed by atoms with Crippen LogP contribution in [0, 0.1) is 5.92 Å². The maximum atomic E-state index is 13.4. The van der Waals surface area contributed by atoms with Gasteiger partial charge in [-0.25, -0.2) is 0 Å². The number of piperazine rings is 1. The topological polar surface area (TPSA) is 105 Å². The van der Waals surface area contributed by atoms with Crippen molar-refractivity contribution < 1.29 is 18.8 Å². The summed E-state index contributed by atoms with van der Waals surface area (Å²) >= 11 is 0. The Morgan fingerprint density at radius 2 is 1.74 bits per heavy atom. The first-order chi connectivity index (χ1) is 16.8. The van der Waals surface area contributed by atoms with E-state index in [4.69, 9.17) is 4.42 Å². The van der Waals surface area contributed by atoms with Gasteiger partial charge in [0.2, 0.25) is 11.3 Å². The van der Waals surface area contributed by atoms with Crippen LogP contribution in [0.15, 0.2) is 70.3 Å². The molecule has 3 heterocycles. The molecule has 2 aromatic heterocycles. The third kappa shape index (κ3) is 5.51. The fraction of sp³-hybridized carbons (Fsp3) is 0.308. The van der Waals surface area contributed by atoms with E-state index in [0.717, 1.165) is 5.69 Å². The number of amides is 3. The summed E-state index contributed by atoms with van der Waals surface area (Å²) in [4.78, 5) is 55.2. The molecule has 9 nitrogen and oxygen atoms in total. The van der Waals surface area contributed by atoms with Gasteiger partial charge >= 0.3 is 0 Å². The minimum atomic E-state index is -0.662. The lowest BCUT2D eigenvalue weighted by molar-refractivity contribution is -0.120. The molecule has 0 unspecified atom stereocenters. The summed E-state index contributed by atoms with van der Waals surface area (Å²) in [5.74, 6) is -0.623. The summed E-state index contributed by atoms with van der Waals surface area (Å²) < 4.78 is 6.91. The van der Waals surface area contributed by atoms with E-state index in [9.17, 15) is 19.2 Å². The SMILES string of the molecule is CC(C)Cn1cc(C(=O)NCc2ccco2)c(=O)c(C(=O)N2CCN(c3ccccc3)C(=O)C2)c1. The largest absolute Gasteiger partial charge is 0.467 e. The number of rotatable bonds is 7. The van der Waals surface area contributed by atoms with E-state index in [1.165, 1.54) is 23.6 Å². The molecule has 0 aliphatic carbocycles. The zero-order valence-corrected chi connectivity index (χ0v) is 19.8. The van der Waals surface area contributed by atoms with Gasteiger partial charge in [0.15, 0.2) is 0 Å². The lowest BCUT2D eigenvalue weighted by Crippen LogP contribution is -2.53. The molecule has 0 radical (unpaired) electrons. The summed E-state index contributed by atoms with van der Waals surface area (Å²) in [6, 6.07) is 12.7. The third-order valence-electron chi connectivity index (χ3n) is 5.71. The standard InChI is InChI=1S/C26H28N4O5/c1-18(2)14-28-15-21(25(33)27-13-20-9-6-12-35-20)24(32)22(16-28)26(34)29-10-11-30(23(31)17-29)19-7-4-3-5-8-19/h3-9,12,15-16,18H,10-11,13-14,17H2,1-2H3,(H,27,33). The molecule has 0 spiro atoms. The molecule has 3 amide bonds. The fourth-order valence-electron chi connectivity index (χ4n) is 4.05. The van der Waals surface area contributed by atoms with Gasteiger partial charge in [0.25, 0.3) is 11.8 Å². The van der Waals surface area contributed by atoms with E-state index in [0.29, 0.717) is 18.8 Å². The molecular weight excluding hydrogens is 448 g/mol. The van der Waals surface area contributed by atoms with Crippen LogP contribution in [0.2, 0.25) is 0 Å². The number of pyridine rings is 1. The number of aromatic nitrogens is 1. The number of nitrogens with zero attached hydrogens (tertiary/aromatic N) is 3. The monoisotopic (exact) mass is 476 g/mol. The third-order valence-corrected chi connectivity index (χ3v) is 5.71. The van der Waals surface area contributed by atoms with Gasteiger partial charge in [-0.05, 0) is 30.2 Å². The van der Waals surface area contributed by atoms with Crippen molar-refractivity contribution in [3.63, 3.8) is 0 Å². The Kier molecular flexibility index (Phi) is 7.14. The number of carbonyl (C=O) groups excluding carboxylic acids is 3. The summed E-state index contributed by atoms with van der Waals surface area (Å²) in [7, 11) is 0. The van der Waals surface area contributed by atoms with E-state index in [2.05, 4.69) is 5.32 Å². The molecular formula is C26H28N4O5. The molecule has 3 aromatic rings. The van der Waals surface area contributed by atoms with Crippen molar-refractivity contribution in [3.8, 4) is 0 Å². The number of hydrogen-bond acceptors (Lipinski definition) is 5. The van der Waals surface area contributed by atoms with Crippen LogP contribution in [0.4, 0.5) is 5.69 Å². The molecule has 0 bridgehead atoms. The van der Waals surface area contributed by atoms with Crippen molar-refractivity contribution in [2.75, 3.05) is 24.5 Å². The first kappa shape index (κ1) is 24.0. The van der Waals surface area contributed by atoms with E-state index >= 15 is 0 Å². The van der Waals surface area contributed by atoms with Crippen LogP contribution in [0.3, 0.4) is 0 Å². The highest BCUT2D eigenvalue weighted by atomic mass is 16.3. The highest BCUT2D eigenvalue weighted by molar-refractivity contribution is 6.03. The van der Waals surface area contributed by atoms with Crippen LogP contribution in [0.5, 0.6) is 0 Å². The van der Waals surface area contributed by atoms with Crippen molar-refractivity contribution in [1.82, 2.24) is 14.8 Å². The minimum absolute atomic E-state index is 0.115. The second kappa shape index (κ2) is 10.4. The van der Waals surface area contributed by atoms with E-state index in [1.807, 2.05) is 44.2 Å². The molecule has 1 saturated heterocycles. The second-order valence-electron chi connectivity index (χ2n) is 8.87. The molecule has 182 valence electrons. The van der Waals surface area contributed by atoms with Gasteiger partial charge in [0, 0.05) is 37.7 Å². The molecule has 1 aliphatic heterocycles. The molecule has 1 fully saturated rings. The summed E-state index contributed by atoms with van der Waals surface area (Å²) in [6.45, 7) is 5.07. The van der Waals surface area contributed by atoms with Crippen LogP contribution in [-0.2, 0) is 17.9 Å². The summed E-state index contributed by atoms with van der Waals surface area (Å²) in [5, 5.41) is 2.67. The number of hydrogen-bond donors (Lipinski definition) is 1. The number of para-hydroxylation sites is 1. The average Bonchev–Trinajstić information content (AvgIpc) is 3.37. The van der Waals surface area contributed by atoms with Crippen LogP contribution in [0.1, 0.15) is 40.3 Å². The Morgan fingerprint density at radius 3 is 2.40 bits per heavy atom. The molecule has 1 aliphatic rings. The number of anilines is 1. The van der Waals surface area contributed by atoms with Gasteiger partial charge in [-0.2, -0.15) is 0 Å². The van der Waals surface area contributed by atoms with Crippen LogP contribution in [0.25, 0.3) is 0 Å². The zero-order chi connectivity index (χ0) is 24.9. The molecule has 1 aromatic carbocycles. The van der Waals surface area contributed by atoms with Gasteiger partial charge in [0.05, 0.1) is 12.8 Å². The maximum absolute atomic E-state index is 13.4. The van der Waals surface area contributed by atoms with E-state index in [-0.39, 0.29) is 42.6 Å². The Bertz CT molecular complexity index is 1260. The normalized spacial score (nSPS) is 13.9. The Balaban J connectivity index is 1.57. The number of furan rings is 1. The smallest absolute Gasteiger partial charge is 0.259 e. The van der Waals surface area contributed by atoms with Gasteiger partial charge in [-0.3, -0.25) is 19.2 Å². The summed E-state index contributed by atoms with van der Waals surface area (Å²) in [6.07, 6.45) is 4.44. The van der Waals surface area contributed by atoms with Crippen molar-refractivity contribution in [1.29, 1.82) is 0 Å². The summed E-state index contributed by atoms with van der Waals surface area (Å²) in [5.41, 5.74) is -0.154. The van der Waals surface area contributed by atoms with Gasteiger partial charge in [0.1, 0.15) is 23.4 Å². The fourth-order valence-corrected chi connectivity index (χ4v) is 4.05. The maximum Gasteiger partial charge on any atom is 0.259 e. The van der Waals surface area contributed by atoms with Crippen molar-refractivity contribution in [2.45, 2.75) is 26.9 Å². The van der Waals surface area contributed by atoms with E-state index < -0.39 is 17.2 Å². The Morgan fingerprint density at radius 1 is 1.00 bits per heavy atom. The van der Waals surface area contributed by atoms with Gasteiger partial charge in [-0.1, -0.05) is 32.0 Å². The quantitative estimate of drug-likeness (QED) is 0.564. The lowest BCUT2D eigenvalue weighted by Gasteiger charge is -2.34. The predicted molar refractivity (Wildman–Crippen MR) is 130 cm³/mol. The zero-order valence-electron chi connectivity index (χ0n) is 19.8. The molecule has 0 atom stereocenters. The highest BCUT2D eigenvalue weighted by Gasteiger charge is 2.31. The second-order valence-corrected chi connectivity index (χ2v) is 8.87. The first-order valence-corrected chi connectivity index (χ1v) is 11.5. The minimum Gasteiger partial charge on any atom is -0.467 e. The van der Waals surface area contributed by atoms with Crippen molar-refractivity contribution in [3.05, 3.63) is 88.2 Å². The van der Waals surface area contributed by atoms with Crippen LogP contribution < -0.4 is 15.6 Å². The number of nitrogens with one attached hydrogen (secondary N) is 1. The lowest BCUT2D eigenvalue weighted by atomic mass is 10.1. The molecule has 4 rings (SSSR count). The Labute approximate surface area is 202 Å². The van der Waals surface area contributed by atoms with E-state index in [1.54, 1.807) is 21.6 Å². The predicted octanol–water partition coefficient (Wildman–Crippen LogP) is 2.52. The van der Waals surface area contributed by atoms with Gasteiger partial charge < -0.3 is 24.1 Å². The first-order valence-electron chi connectivity index (χ1n) is 11.5. The Hall–Kier alpha value is -4.14. The average molecular weight is 477 g/mol. The number of benzene rings is 1. The van der Waals surface area contributed by atoms with Crippen molar-refractivity contribution in [2.24, 2.45) is 5.92 Å². The van der Waals surface area contributed by atoms with Crippen molar-refractivity contribution >= 4 is 23.4 Å². The van der Waals surface area contributed by atoms with Crippen LogP contribution in [-0.4, -0.2) is 46.8 Å². The van der Waals surface area contributed by atoms with Gasteiger partial charge in [-0.15, -0.1) is 0 Å². The number of carbonyl (C=O) groups is 3. The molecule has 9 heteroatoms. The molecule has 35 heavy (non-hydrogen) atoms. The molecule has 0 saturated carbocycles. The highest BCUT2D eigenvalue weighted by Crippen LogP contribution is 2.18. The molecule has 1 N–H and O–H groups in total. The van der Waals surface area contributed by atoms with Crippen LogP contribution >= 0.6 is 0 Å².